The van der Waals surface area contributed by atoms with Crippen LogP contribution in [0.5, 0.6) is 0 Å². The van der Waals surface area contributed by atoms with E-state index in [0.29, 0.717) is 6.54 Å². The fourth-order valence-electron chi connectivity index (χ4n) is 2.86. The Morgan fingerprint density at radius 3 is 2.83 bits per heavy atom. The molecule has 2 unspecified atom stereocenters. The number of anilines is 1. The Morgan fingerprint density at radius 1 is 1.48 bits per heavy atom. The molecule has 1 aromatic carbocycles. The van der Waals surface area contributed by atoms with Crippen molar-refractivity contribution < 1.29 is 9.90 Å². The molecule has 23 heavy (non-hydrogen) atoms. The van der Waals surface area contributed by atoms with Crippen molar-refractivity contribution in [1.82, 2.24) is 10.2 Å². The minimum atomic E-state index is -0.533. The maximum absolute atomic E-state index is 12.4. The number of halogens is 1. The van der Waals surface area contributed by atoms with Gasteiger partial charge in [0.25, 0.3) is 0 Å². The van der Waals surface area contributed by atoms with Crippen LogP contribution in [0.1, 0.15) is 27.2 Å². The molecule has 5 nitrogen and oxygen atoms in total. The number of aliphatic hydroxyl groups excluding tert-OH is 1. The maximum atomic E-state index is 12.4. The zero-order valence-corrected chi connectivity index (χ0v) is 14.8. The number of aliphatic hydroxyl groups is 1. The normalized spacial score (nSPS) is 19.0. The second-order valence-electron chi connectivity index (χ2n) is 6.46. The van der Waals surface area contributed by atoms with Gasteiger partial charge in [-0.25, -0.2) is 4.79 Å². The lowest BCUT2D eigenvalue weighted by Crippen LogP contribution is -2.50. The predicted octanol–water partition coefficient (Wildman–Crippen LogP) is 2.72. The zero-order valence-electron chi connectivity index (χ0n) is 14.0. The number of rotatable bonds is 5. The van der Waals surface area contributed by atoms with Crippen molar-refractivity contribution in [2.75, 3.05) is 24.5 Å². The summed E-state index contributed by atoms with van der Waals surface area (Å²) in [6.07, 6.45) is 0.369. The second-order valence-corrected chi connectivity index (χ2v) is 6.89. The van der Waals surface area contributed by atoms with E-state index in [9.17, 15) is 9.90 Å². The van der Waals surface area contributed by atoms with E-state index in [1.165, 1.54) is 0 Å². The van der Waals surface area contributed by atoms with Gasteiger partial charge in [0.15, 0.2) is 0 Å². The van der Waals surface area contributed by atoms with Crippen molar-refractivity contribution >= 4 is 23.3 Å². The minimum absolute atomic E-state index is 0.0510. The summed E-state index contributed by atoms with van der Waals surface area (Å²) >= 11 is 6.04. The van der Waals surface area contributed by atoms with Crippen molar-refractivity contribution in [3.8, 4) is 0 Å². The number of hydrogen-bond donors (Lipinski definition) is 2. The first kappa shape index (κ1) is 17.9. The molecule has 1 fully saturated rings. The van der Waals surface area contributed by atoms with E-state index in [4.69, 9.17) is 11.6 Å². The van der Waals surface area contributed by atoms with Crippen molar-refractivity contribution in [3.05, 3.63) is 29.3 Å². The Bertz CT molecular complexity index is 536. The number of amides is 2. The van der Waals surface area contributed by atoms with Crippen molar-refractivity contribution in [3.63, 3.8) is 0 Å². The Hall–Kier alpha value is -1.46. The maximum Gasteiger partial charge on any atom is 0.317 e. The number of carbonyl (C=O) groups is 1. The van der Waals surface area contributed by atoms with Crippen LogP contribution in [0.4, 0.5) is 10.5 Å². The first-order valence-corrected chi connectivity index (χ1v) is 8.50. The standard InChI is InChI=1S/C17H26ClN3O2/c1-12(2)21(10-13(3)22)17(23)19-15-7-8-20(11-15)16-6-4-5-14(18)9-16/h4-6,9,12-13,15,22H,7-8,10-11H2,1-3H3,(H,19,23). The average molecular weight is 340 g/mol. The first-order chi connectivity index (χ1) is 10.9. The quantitative estimate of drug-likeness (QED) is 0.867. The van der Waals surface area contributed by atoms with Crippen LogP contribution in [0.25, 0.3) is 0 Å². The molecular weight excluding hydrogens is 314 g/mol. The van der Waals surface area contributed by atoms with E-state index < -0.39 is 6.10 Å². The van der Waals surface area contributed by atoms with Gasteiger partial charge in [-0.1, -0.05) is 17.7 Å². The number of nitrogens with one attached hydrogen (secondary N) is 1. The van der Waals surface area contributed by atoms with Gasteiger partial charge >= 0.3 is 6.03 Å². The van der Waals surface area contributed by atoms with Gasteiger partial charge in [-0.15, -0.1) is 0 Å². The highest BCUT2D eigenvalue weighted by molar-refractivity contribution is 6.30. The lowest BCUT2D eigenvalue weighted by Gasteiger charge is -2.29. The van der Waals surface area contributed by atoms with Gasteiger partial charge in [-0.2, -0.15) is 0 Å². The lowest BCUT2D eigenvalue weighted by atomic mass is 10.2. The largest absolute Gasteiger partial charge is 0.392 e. The Labute approximate surface area is 143 Å². The summed E-state index contributed by atoms with van der Waals surface area (Å²) < 4.78 is 0. The molecule has 1 aliphatic heterocycles. The molecule has 0 aliphatic carbocycles. The van der Waals surface area contributed by atoms with Crippen LogP contribution in [0, 0.1) is 0 Å². The molecule has 1 heterocycles. The predicted molar refractivity (Wildman–Crippen MR) is 94.1 cm³/mol. The fourth-order valence-corrected chi connectivity index (χ4v) is 3.04. The third-order valence-corrected chi connectivity index (χ3v) is 4.27. The van der Waals surface area contributed by atoms with Gasteiger partial charge in [-0.05, 0) is 45.4 Å². The molecule has 2 N–H and O–H groups in total. The SMILES string of the molecule is CC(O)CN(C(=O)NC1CCN(c2cccc(Cl)c2)C1)C(C)C. The van der Waals surface area contributed by atoms with Crippen LogP contribution >= 0.6 is 11.6 Å². The zero-order chi connectivity index (χ0) is 17.0. The summed E-state index contributed by atoms with van der Waals surface area (Å²) in [5.41, 5.74) is 1.08. The van der Waals surface area contributed by atoms with Gasteiger partial charge in [0, 0.05) is 42.4 Å². The monoisotopic (exact) mass is 339 g/mol. The van der Waals surface area contributed by atoms with Crippen LogP contribution in [-0.4, -0.2) is 53.9 Å². The molecule has 1 aliphatic rings. The molecule has 2 rings (SSSR count). The minimum Gasteiger partial charge on any atom is -0.392 e. The van der Waals surface area contributed by atoms with Crippen LogP contribution < -0.4 is 10.2 Å². The number of hydrogen-bond acceptors (Lipinski definition) is 3. The van der Waals surface area contributed by atoms with E-state index in [2.05, 4.69) is 10.2 Å². The number of carbonyl (C=O) groups excluding carboxylic acids is 1. The second kappa shape index (κ2) is 7.88. The lowest BCUT2D eigenvalue weighted by molar-refractivity contribution is 0.117. The Kier molecular flexibility index (Phi) is 6.13. The molecule has 1 aromatic rings. The molecular formula is C17H26ClN3O2. The topological polar surface area (TPSA) is 55.8 Å². The van der Waals surface area contributed by atoms with E-state index in [1.807, 2.05) is 38.1 Å². The van der Waals surface area contributed by atoms with Crippen molar-refractivity contribution in [1.29, 1.82) is 0 Å². The van der Waals surface area contributed by atoms with Crippen LogP contribution in [-0.2, 0) is 0 Å². The van der Waals surface area contributed by atoms with E-state index >= 15 is 0 Å². The molecule has 2 atom stereocenters. The third kappa shape index (κ3) is 5.01. The Balaban J connectivity index is 1.92. The molecule has 0 saturated carbocycles. The highest BCUT2D eigenvalue weighted by Crippen LogP contribution is 2.23. The molecule has 0 radical (unpaired) electrons. The van der Waals surface area contributed by atoms with Gasteiger partial charge in [-0.3, -0.25) is 0 Å². The van der Waals surface area contributed by atoms with E-state index in [0.717, 1.165) is 30.2 Å². The molecule has 1 saturated heterocycles. The highest BCUT2D eigenvalue weighted by Gasteiger charge is 2.27. The molecule has 0 spiro atoms. The summed E-state index contributed by atoms with van der Waals surface area (Å²) in [6, 6.07) is 7.82. The number of urea groups is 1. The highest BCUT2D eigenvalue weighted by atomic mass is 35.5. The van der Waals surface area contributed by atoms with Gasteiger partial charge < -0.3 is 20.2 Å². The van der Waals surface area contributed by atoms with Gasteiger partial charge in [0.2, 0.25) is 0 Å². The van der Waals surface area contributed by atoms with Crippen molar-refractivity contribution in [2.45, 2.75) is 45.4 Å². The number of benzene rings is 1. The van der Waals surface area contributed by atoms with Gasteiger partial charge in [0.05, 0.1) is 6.10 Å². The average Bonchev–Trinajstić information content (AvgIpc) is 2.92. The number of nitrogens with zero attached hydrogens (tertiary/aromatic N) is 2. The fraction of sp³-hybridized carbons (Fsp3) is 0.588. The van der Waals surface area contributed by atoms with Crippen molar-refractivity contribution in [2.24, 2.45) is 0 Å². The Morgan fingerprint density at radius 2 is 2.22 bits per heavy atom. The summed E-state index contributed by atoms with van der Waals surface area (Å²) in [5, 5.41) is 13.4. The summed E-state index contributed by atoms with van der Waals surface area (Å²) in [6.45, 7) is 7.60. The first-order valence-electron chi connectivity index (χ1n) is 8.12. The molecule has 2 amide bonds. The van der Waals surface area contributed by atoms with E-state index in [-0.39, 0.29) is 18.1 Å². The van der Waals surface area contributed by atoms with Crippen LogP contribution in [0.15, 0.2) is 24.3 Å². The molecule has 6 heteroatoms. The summed E-state index contributed by atoms with van der Waals surface area (Å²) in [4.78, 5) is 16.3. The van der Waals surface area contributed by atoms with Gasteiger partial charge in [0.1, 0.15) is 0 Å². The summed E-state index contributed by atoms with van der Waals surface area (Å²) in [5.74, 6) is 0. The van der Waals surface area contributed by atoms with E-state index in [1.54, 1.807) is 11.8 Å². The molecule has 0 bridgehead atoms. The van der Waals surface area contributed by atoms with Crippen LogP contribution in [0.3, 0.4) is 0 Å². The summed E-state index contributed by atoms with van der Waals surface area (Å²) in [7, 11) is 0. The third-order valence-electron chi connectivity index (χ3n) is 4.03. The molecule has 0 aromatic heterocycles. The molecule has 128 valence electrons. The smallest absolute Gasteiger partial charge is 0.317 e. The van der Waals surface area contributed by atoms with Crippen LogP contribution in [0.2, 0.25) is 5.02 Å².